The molecule has 2 heterocycles. The van der Waals surface area contributed by atoms with Gasteiger partial charge in [0.05, 0.1) is 23.9 Å². The lowest BCUT2D eigenvalue weighted by Gasteiger charge is -2.12. The molecular weight excluding hydrogens is 506 g/mol. The van der Waals surface area contributed by atoms with Crippen LogP contribution in [0, 0.1) is 0 Å². The van der Waals surface area contributed by atoms with Crippen LogP contribution in [0.1, 0.15) is 22.5 Å². The van der Waals surface area contributed by atoms with E-state index in [0.29, 0.717) is 27.5 Å². The van der Waals surface area contributed by atoms with E-state index in [2.05, 4.69) is 10.2 Å². The maximum Gasteiger partial charge on any atom is 0.267 e. The molecule has 0 radical (unpaired) electrons. The number of thioether (sulfide) groups is 1. The number of ether oxygens (including phenoxy) is 1. The van der Waals surface area contributed by atoms with Crippen molar-refractivity contribution in [1.29, 1.82) is 0 Å². The minimum absolute atomic E-state index is 0.165. The van der Waals surface area contributed by atoms with E-state index in [-0.39, 0.29) is 12.5 Å². The summed E-state index contributed by atoms with van der Waals surface area (Å²) >= 11 is 7.26. The monoisotopic (exact) mass is 527 g/mol. The smallest absolute Gasteiger partial charge is 0.267 e. The van der Waals surface area contributed by atoms with Crippen molar-refractivity contribution in [2.24, 2.45) is 10.2 Å². The molecule has 1 aliphatic heterocycles. The molecule has 1 aromatic heterocycles. The Morgan fingerprint density at radius 2 is 1.78 bits per heavy atom. The molecule has 8 heteroatoms. The lowest BCUT2D eigenvalue weighted by atomic mass is 10.2. The average molecular weight is 528 g/mol. The second-order valence-corrected chi connectivity index (χ2v) is 9.55. The Balaban J connectivity index is 1.33. The van der Waals surface area contributed by atoms with E-state index in [1.807, 2.05) is 78.9 Å². The molecule has 5 rings (SSSR count). The van der Waals surface area contributed by atoms with E-state index < -0.39 is 0 Å². The number of carbonyl (C=O) groups is 1. The number of rotatable bonds is 8. The van der Waals surface area contributed by atoms with Crippen molar-refractivity contribution in [2.75, 3.05) is 0 Å². The van der Waals surface area contributed by atoms with Gasteiger partial charge in [-0.3, -0.25) is 9.69 Å². The normalized spacial score (nSPS) is 15.8. The summed E-state index contributed by atoms with van der Waals surface area (Å²) in [6.07, 6.45) is 5.03. The first-order chi connectivity index (χ1) is 18.1. The minimum Gasteiger partial charge on any atom is -0.489 e. The highest BCUT2D eigenvalue weighted by atomic mass is 35.5. The highest BCUT2D eigenvalue weighted by molar-refractivity contribution is 8.18. The fraction of sp³-hybridized carbons (Fsp3) is 0.0690. The number of halogens is 1. The summed E-state index contributed by atoms with van der Waals surface area (Å²) in [6.45, 7) is 0.737. The summed E-state index contributed by atoms with van der Waals surface area (Å²) in [5.41, 5.74) is 2.80. The molecule has 0 N–H and O–H groups in total. The van der Waals surface area contributed by atoms with E-state index in [4.69, 9.17) is 20.8 Å². The summed E-state index contributed by atoms with van der Waals surface area (Å²) < 4.78 is 11.4. The number of benzene rings is 3. The van der Waals surface area contributed by atoms with Gasteiger partial charge in [-0.2, -0.15) is 5.10 Å². The summed E-state index contributed by atoms with van der Waals surface area (Å²) in [7, 11) is 0. The lowest BCUT2D eigenvalue weighted by Crippen LogP contribution is -2.28. The van der Waals surface area contributed by atoms with Gasteiger partial charge in [0.1, 0.15) is 18.1 Å². The topological polar surface area (TPSA) is 67.4 Å². The maximum absolute atomic E-state index is 13.2. The number of nitrogens with zero attached hydrogens (tertiary/aromatic N) is 3. The van der Waals surface area contributed by atoms with Crippen molar-refractivity contribution in [3.63, 3.8) is 0 Å². The van der Waals surface area contributed by atoms with Crippen molar-refractivity contribution in [3.8, 4) is 5.75 Å². The number of carbonyl (C=O) groups excluding carboxylic acids is 1. The van der Waals surface area contributed by atoms with Gasteiger partial charge >= 0.3 is 0 Å². The van der Waals surface area contributed by atoms with Crippen LogP contribution in [0.15, 0.2) is 117 Å². The number of amidine groups is 1. The van der Waals surface area contributed by atoms with Gasteiger partial charge in [-0.05, 0) is 70.9 Å². The predicted octanol–water partition coefficient (Wildman–Crippen LogP) is 7.02. The third-order valence-corrected chi connectivity index (χ3v) is 6.66. The van der Waals surface area contributed by atoms with Gasteiger partial charge in [0.2, 0.25) is 0 Å². The molecule has 0 bridgehead atoms. The summed E-state index contributed by atoms with van der Waals surface area (Å²) in [4.78, 5) is 15.3. The first-order valence-electron chi connectivity index (χ1n) is 11.5. The van der Waals surface area contributed by atoms with Crippen LogP contribution >= 0.6 is 23.4 Å². The first-order valence-corrected chi connectivity index (χ1v) is 12.7. The zero-order chi connectivity index (χ0) is 25.5. The zero-order valence-electron chi connectivity index (χ0n) is 19.7. The van der Waals surface area contributed by atoms with Gasteiger partial charge in [0.15, 0.2) is 5.17 Å². The molecule has 3 aromatic carbocycles. The van der Waals surface area contributed by atoms with Crippen LogP contribution in [0.4, 0.5) is 0 Å². The molecule has 1 fully saturated rings. The molecule has 1 saturated heterocycles. The second-order valence-electron chi connectivity index (χ2n) is 8.11. The fourth-order valence-corrected chi connectivity index (χ4v) is 4.62. The SMILES string of the molecule is O=C1/C(=C/c2ccc(Cl)cc2)S/C(=N\N=C\c2cccc(OCc3ccccc3)c2)N1Cc1ccco1. The molecule has 37 heavy (non-hydrogen) atoms. The van der Waals surface area contributed by atoms with Crippen LogP contribution in [0.2, 0.25) is 5.02 Å². The Morgan fingerprint density at radius 1 is 0.946 bits per heavy atom. The van der Waals surface area contributed by atoms with Gasteiger partial charge in [-0.25, -0.2) is 0 Å². The number of hydrogen-bond acceptors (Lipinski definition) is 6. The average Bonchev–Trinajstić information content (AvgIpc) is 3.54. The molecular formula is C29H22ClN3O3S. The van der Waals surface area contributed by atoms with Crippen LogP contribution in [-0.2, 0) is 17.9 Å². The largest absolute Gasteiger partial charge is 0.489 e. The summed E-state index contributed by atoms with van der Waals surface area (Å²) in [5, 5.41) is 9.74. The molecule has 1 aliphatic rings. The van der Waals surface area contributed by atoms with E-state index >= 15 is 0 Å². The quantitative estimate of drug-likeness (QED) is 0.140. The third kappa shape index (κ3) is 6.58. The second kappa shape index (κ2) is 11.8. The van der Waals surface area contributed by atoms with Gasteiger partial charge in [0.25, 0.3) is 5.91 Å². The van der Waals surface area contributed by atoms with Gasteiger partial charge in [-0.1, -0.05) is 66.2 Å². The molecule has 4 aromatic rings. The molecule has 0 aliphatic carbocycles. The standard InChI is InChI=1S/C29H22ClN3O3S/c30-24-13-11-21(12-14-24)17-27-28(34)33(19-26-10-5-15-35-26)29(37-27)32-31-18-23-8-4-9-25(16-23)36-20-22-6-2-1-3-7-22/h1-18H,19-20H2/b27-17-,31-18+,32-29-. The summed E-state index contributed by atoms with van der Waals surface area (Å²) in [5.74, 6) is 1.22. The van der Waals surface area contributed by atoms with Crippen LogP contribution in [0.25, 0.3) is 6.08 Å². The van der Waals surface area contributed by atoms with Crippen molar-refractivity contribution in [1.82, 2.24) is 4.90 Å². The molecule has 184 valence electrons. The highest BCUT2D eigenvalue weighted by Crippen LogP contribution is 2.34. The van der Waals surface area contributed by atoms with Gasteiger partial charge < -0.3 is 9.15 Å². The fourth-order valence-electron chi connectivity index (χ4n) is 3.56. The van der Waals surface area contributed by atoms with E-state index in [9.17, 15) is 4.79 Å². The van der Waals surface area contributed by atoms with Gasteiger partial charge in [0, 0.05) is 5.02 Å². The Hall–Kier alpha value is -4.07. The van der Waals surface area contributed by atoms with E-state index in [1.165, 1.54) is 11.8 Å². The van der Waals surface area contributed by atoms with Crippen molar-refractivity contribution >= 4 is 46.7 Å². The molecule has 0 unspecified atom stereocenters. The first kappa shape index (κ1) is 24.6. The number of furan rings is 1. The minimum atomic E-state index is -0.165. The molecule has 6 nitrogen and oxygen atoms in total. The van der Waals surface area contributed by atoms with Crippen molar-refractivity contribution < 1.29 is 13.9 Å². The van der Waals surface area contributed by atoms with Crippen LogP contribution in [-0.4, -0.2) is 22.2 Å². The van der Waals surface area contributed by atoms with E-state index in [0.717, 1.165) is 22.4 Å². The Labute approximate surface area is 223 Å². The van der Waals surface area contributed by atoms with Gasteiger partial charge in [-0.15, -0.1) is 5.10 Å². The zero-order valence-corrected chi connectivity index (χ0v) is 21.2. The van der Waals surface area contributed by atoms with Crippen LogP contribution in [0.5, 0.6) is 5.75 Å². The Morgan fingerprint density at radius 3 is 2.57 bits per heavy atom. The maximum atomic E-state index is 13.2. The predicted molar refractivity (Wildman–Crippen MR) is 149 cm³/mol. The Kier molecular flexibility index (Phi) is 7.84. The van der Waals surface area contributed by atoms with Crippen molar-refractivity contribution in [3.05, 3.63) is 130 Å². The number of amides is 1. The molecule has 1 amide bonds. The highest BCUT2D eigenvalue weighted by Gasteiger charge is 2.34. The summed E-state index contributed by atoms with van der Waals surface area (Å²) in [6, 6.07) is 28.5. The van der Waals surface area contributed by atoms with Crippen LogP contribution in [0.3, 0.4) is 0 Å². The molecule has 0 spiro atoms. The molecule has 0 saturated carbocycles. The number of hydrogen-bond donors (Lipinski definition) is 0. The van der Waals surface area contributed by atoms with Crippen molar-refractivity contribution in [2.45, 2.75) is 13.2 Å². The van der Waals surface area contributed by atoms with Crippen LogP contribution < -0.4 is 4.74 Å². The lowest BCUT2D eigenvalue weighted by molar-refractivity contribution is -0.122. The van der Waals surface area contributed by atoms with E-state index in [1.54, 1.807) is 35.6 Å². The third-order valence-electron chi connectivity index (χ3n) is 5.41. The molecule has 0 atom stereocenters. The Bertz CT molecular complexity index is 1450.